The highest BCUT2D eigenvalue weighted by Crippen LogP contribution is 2.20. The Hall–Kier alpha value is -1.18. The summed E-state index contributed by atoms with van der Waals surface area (Å²) < 4.78 is 26.3. The molecule has 1 aromatic rings. The Labute approximate surface area is 129 Å². The molecule has 0 aliphatic carbocycles. The number of amides is 1. The summed E-state index contributed by atoms with van der Waals surface area (Å²) >= 11 is 5.74. The molecule has 0 unspecified atom stereocenters. The van der Waals surface area contributed by atoms with E-state index >= 15 is 0 Å². The van der Waals surface area contributed by atoms with Crippen molar-refractivity contribution in [3.63, 3.8) is 0 Å². The van der Waals surface area contributed by atoms with E-state index in [-0.39, 0.29) is 21.9 Å². The van der Waals surface area contributed by atoms with E-state index in [0.717, 1.165) is 0 Å². The molecule has 116 valence electrons. The molecule has 1 amide bonds. The van der Waals surface area contributed by atoms with E-state index in [1.165, 1.54) is 22.6 Å². The third kappa shape index (κ3) is 3.53. The number of carbonyl (C=O) groups is 1. The summed E-state index contributed by atoms with van der Waals surface area (Å²) in [4.78, 5) is 17.5. The molecule has 8 heteroatoms. The van der Waals surface area contributed by atoms with Gasteiger partial charge in [0.15, 0.2) is 0 Å². The maximum Gasteiger partial charge on any atom is 0.243 e. The molecule has 21 heavy (non-hydrogen) atoms. The van der Waals surface area contributed by atoms with Crippen LogP contribution in [0.5, 0.6) is 0 Å². The molecule has 0 spiro atoms. The predicted molar refractivity (Wildman–Crippen MR) is 79.4 cm³/mol. The van der Waals surface area contributed by atoms with Gasteiger partial charge in [0, 0.05) is 38.3 Å². The van der Waals surface area contributed by atoms with Crippen LogP contribution in [0.4, 0.5) is 0 Å². The van der Waals surface area contributed by atoms with Gasteiger partial charge >= 0.3 is 0 Å². The Kier molecular flexibility index (Phi) is 4.85. The second-order valence-electron chi connectivity index (χ2n) is 5.20. The van der Waals surface area contributed by atoms with Crippen molar-refractivity contribution in [3.8, 4) is 0 Å². The van der Waals surface area contributed by atoms with E-state index in [1.54, 1.807) is 4.90 Å². The number of piperazine rings is 1. The first-order valence-electron chi connectivity index (χ1n) is 6.73. The van der Waals surface area contributed by atoms with Crippen molar-refractivity contribution in [2.45, 2.75) is 18.7 Å². The van der Waals surface area contributed by atoms with E-state index in [1.807, 2.05) is 13.8 Å². The molecule has 0 radical (unpaired) electrons. The van der Waals surface area contributed by atoms with Crippen LogP contribution in [0.15, 0.2) is 23.2 Å². The normalized spacial score (nSPS) is 17.2. The summed E-state index contributed by atoms with van der Waals surface area (Å²) in [6.45, 7) is 5.08. The van der Waals surface area contributed by atoms with Crippen LogP contribution in [0.2, 0.25) is 5.15 Å². The lowest BCUT2D eigenvalue weighted by atomic mass is 10.2. The maximum absolute atomic E-state index is 12.5. The first-order chi connectivity index (χ1) is 9.82. The largest absolute Gasteiger partial charge is 0.340 e. The molecule has 0 atom stereocenters. The SMILES string of the molecule is CC(C)C(=O)N1CCN(S(=O)(=O)c2ccnc(Cl)c2)CC1. The van der Waals surface area contributed by atoms with Gasteiger partial charge in [-0.1, -0.05) is 25.4 Å². The number of halogens is 1. The molecule has 0 bridgehead atoms. The molecule has 2 rings (SSSR count). The lowest BCUT2D eigenvalue weighted by Crippen LogP contribution is -2.51. The van der Waals surface area contributed by atoms with E-state index < -0.39 is 10.0 Å². The van der Waals surface area contributed by atoms with Gasteiger partial charge in [-0.15, -0.1) is 0 Å². The molecule has 0 N–H and O–H groups in total. The highest BCUT2D eigenvalue weighted by Gasteiger charge is 2.30. The first-order valence-corrected chi connectivity index (χ1v) is 8.54. The molecular formula is C13H18ClN3O3S. The number of hydrogen-bond acceptors (Lipinski definition) is 4. The summed E-state index contributed by atoms with van der Waals surface area (Å²) in [7, 11) is -3.58. The van der Waals surface area contributed by atoms with Crippen molar-refractivity contribution < 1.29 is 13.2 Å². The molecule has 0 saturated carbocycles. The smallest absolute Gasteiger partial charge is 0.243 e. The zero-order valence-electron chi connectivity index (χ0n) is 12.0. The molecule has 1 aliphatic heterocycles. The van der Waals surface area contributed by atoms with Crippen LogP contribution in [0.1, 0.15) is 13.8 Å². The Morgan fingerprint density at radius 3 is 2.43 bits per heavy atom. The molecule has 1 fully saturated rings. The van der Waals surface area contributed by atoms with Crippen LogP contribution < -0.4 is 0 Å². The minimum absolute atomic E-state index is 0.0546. The first kappa shape index (κ1) is 16.2. The number of aromatic nitrogens is 1. The van der Waals surface area contributed by atoms with Crippen LogP contribution in [0.25, 0.3) is 0 Å². The van der Waals surface area contributed by atoms with Crippen LogP contribution in [-0.4, -0.2) is 54.7 Å². The second-order valence-corrected chi connectivity index (χ2v) is 7.52. The zero-order chi connectivity index (χ0) is 15.6. The third-order valence-electron chi connectivity index (χ3n) is 3.38. The van der Waals surface area contributed by atoms with Crippen molar-refractivity contribution in [2.75, 3.05) is 26.2 Å². The number of sulfonamides is 1. The highest BCUT2D eigenvalue weighted by atomic mass is 35.5. The number of rotatable bonds is 3. The Bertz CT molecular complexity index is 625. The average molecular weight is 332 g/mol. The number of pyridine rings is 1. The summed E-state index contributed by atoms with van der Waals surface area (Å²) in [5, 5.41) is 0.143. The molecule has 6 nitrogen and oxygen atoms in total. The van der Waals surface area contributed by atoms with Gasteiger partial charge in [-0.25, -0.2) is 13.4 Å². The van der Waals surface area contributed by atoms with Gasteiger partial charge < -0.3 is 4.90 Å². The third-order valence-corrected chi connectivity index (χ3v) is 5.48. The lowest BCUT2D eigenvalue weighted by Gasteiger charge is -2.34. The van der Waals surface area contributed by atoms with Gasteiger partial charge in [0.05, 0.1) is 4.90 Å². The Balaban J connectivity index is 2.10. The number of hydrogen-bond donors (Lipinski definition) is 0. The van der Waals surface area contributed by atoms with Crippen LogP contribution in [0, 0.1) is 5.92 Å². The summed E-state index contributed by atoms with van der Waals surface area (Å²) in [6.07, 6.45) is 1.37. The fourth-order valence-corrected chi connectivity index (χ4v) is 3.88. The van der Waals surface area contributed by atoms with E-state index in [9.17, 15) is 13.2 Å². The van der Waals surface area contributed by atoms with E-state index in [0.29, 0.717) is 26.2 Å². The molecule has 0 aromatic carbocycles. The maximum atomic E-state index is 12.5. The van der Waals surface area contributed by atoms with Crippen molar-refractivity contribution in [1.29, 1.82) is 0 Å². The fraction of sp³-hybridized carbons (Fsp3) is 0.538. The van der Waals surface area contributed by atoms with E-state index in [2.05, 4.69) is 4.98 Å². The Morgan fingerprint density at radius 2 is 1.90 bits per heavy atom. The zero-order valence-corrected chi connectivity index (χ0v) is 13.6. The molecule has 2 heterocycles. The van der Waals surface area contributed by atoms with Crippen LogP contribution in [-0.2, 0) is 14.8 Å². The van der Waals surface area contributed by atoms with Gasteiger partial charge in [0.2, 0.25) is 15.9 Å². The minimum atomic E-state index is -3.58. The summed E-state index contributed by atoms with van der Waals surface area (Å²) in [5.41, 5.74) is 0. The lowest BCUT2D eigenvalue weighted by molar-refractivity contribution is -0.135. The average Bonchev–Trinajstić information content (AvgIpc) is 2.46. The topological polar surface area (TPSA) is 70.6 Å². The van der Waals surface area contributed by atoms with Gasteiger partial charge in [-0.3, -0.25) is 4.79 Å². The van der Waals surface area contributed by atoms with Crippen molar-refractivity contribution in [3.05, 3.63) is 23.5 Å². The van der Waals surface area contributed by atoms with Crippen LogP contribution in [0.3, 0.4) is 0 Å². The monoisotopic (exact) mass is 331 g/mol. The van der Waals surface area contributed by atoms with Gasteiger partial charge in [0.1, 0.15) is 5.15 Å². The molecular weight excluding hydrogens is 314 g/mol. The predicted octanol–water partition coefficient (Wildman–Crippen LogP) is 1.22. The van der Waals surface area contributed by atoms with Crippen LogP contribution >= 0.6 is 11.6 Å². The molecule has 1 saturated heterocycles. The van der Waals surface area contributed by atoms with Crippen molar-refractivity contribution in [1.82, 2.24) is 14.2 Å². The van der Waals surface area contributed by atoms with E-state index in [4.69, 9.17) is 11.6 Å². The standard InChI is InChI=1S/C13H18ClN3O3S/c1-10(2)13(18)16-5-7-17(8-6-16)21(19,20)11-3-4-15-12(14)9-11/h3-4,9-10H,5-8H2,1-2H3. The quantitative estimate of drug-likeness (QED) is 0.781. The van der Waals surface area contributed by atoms with Crippen molar-refractivity contribution >= 4 is 27.5 Å². The fourth-order valence-electron chi connectivity index (χ4n) is 2.21. The Morgan fingerprint density at radius 1 is 1.29 bits per heavy atom. The van der Waals surface area contributed by atoms with Gasteiger partial charge in [-0.2, -0.15) is 4.31 Å². The molecule has 1 aromatic heterocycles. The highest BCUT2D eigenvalue weighted by molar-refractivity contribution is 7.89. The number of nitrogens with zero attached hydrogens (tertiary/aromatic N) is 3. The van der Waals surface area contributed by atoms with Crippen molar-refractivity contribution in [2.24, 2.45) is 5.92 Å². The van der Waals surface area contributed by atoms with Gasteiger partial charge in [0.25, 0.3) is 0 Å². The molecule has 1 aliphatic rings. The minimum Gasteiger partial charge on any atom is -0.340 e. The summed E-state index contributed by atoms with van der Waals surface area (Å²) in [6, 6.07) is 2.76. The van der Waals surface area contributed by atoms with Gasteiger partial charge in [-0.05, 0) is 12.1 Å². The number of carbonyl (C=O) groups excluding carboxylic acids is 1. The summed E-state index contributed by atoms with van der Waals surface area (Å²) in [5.74, 6) is -0.0221. The second kappa shape index (κ2) is 6.29.